The summed E-state index contributed by atoms with van der Waals surface area (Å²) in [6.07, 6.45) is 0.580. The minimum Gasteiger partial charge on any atom is -0.496 e. The SMILES string of the molecule is COc1cc(CCl)ccc1Cc1c(C)nc(N)nc1Cl. The molecular weight excluding hydrogens is 297 g/mol. The number of ether oxygens (including phenoxy) is 1. The molecule has 0 aliphatic rings. The van der Waals surface area contributed by atoms with E-state index in [1.165, 1.54) is 0 Å². The molecule has 0 unspecified atom stereocenters. The molecule has 4 nitrogen and oxygen atoms in total. The summed E-state index contributed by atoms with van der Waals surface area (Å²) in [5, 5.41) is 0.374. The number of benzene rings is 1. The zero-order chi connectivity index (χ0) is 14.7. The molecule has 0 atom stereocenters. The van der Waals surface area contributed by atoms with Crippen molar-refractivity contribution >= 4 is 29.2 Å². The molecule has 1 heterocycles. The minimum absolute atomic E-state index is 0.181. The van der Waals surface area contributed by atoms with Crippen LogP contribution in [0.2, 0.25) is 5.15 Å². The lowest BCUT2D eigenvalue weighted by atomic mass is 10.0. The Balaban J connectivity index is 2.40. The molecule has 20 heavy (non-hydrogen) atoms. The number of aromatic nitrogens is 2. The summed E-state index contributed by atoms with van der Waals surface area (Å²) in [5.74, 6) is 1.40. The van der Waals surface area contributed by atoms with Crippen molar-refractivity contribution in [3.05, 3.63) is 45.7 Å². The van der Waals surface area contributed by atoms with Crippen molar-refractivity contribution in [1.29, 1.82) is 0 Å². The van der Waals surface area contributed by atoms with Crippen molar-refractivity contribution in [3.8, 4) is 5.75 Å². The molecule has 2 N–H and O–H groups in total. The Kier molecular flexibility index (Phi) is 4.68. The van der Waals surface area contributed by atoms with Gasteiger partial charge in [0.05, 0.1) is 7.11 Å². The first-order valence-electron chi connectivity index (χ1n) is 6.05. The number of methoxy groups -OCH3 is 1. The molecule has 0 aliphatic heterocycles. The highest BCUT2D eigenvalue weighted by Crippen LogP contribution is 2.27. The summed E-state index contributed by atoms with van der Waals surface area (Å²) in [4.78, 5) is 8.13. The summed E-state index contributed by atoms with van der Waals surface area (Å²) in [5.41, 5.74) is 9.19. The second-order valence-corrected chi connectivity index (χ2v) is 5.02. The molecule has 0 saturated heterocycles. The standard InChI is InChI=1S/C14H15Cl2N3O/c1-8-11(13(16)19-14(17)18-8)6-10-4-3-9(7-15)5-12(10)20-2/h3-5H,6-7H2,1-2H3,(H2,17,18,19). The molecule has 0 aliphatic carbocycles. The number of halogens is 2. The number of anilines is 1. The molecule has 0 spiro atoms. The lowest BCUT2D eigenvalue weighted by Gasteiger charge is -2.12. The van der Waals surface area contributed by atoms with Gasteiger partial charge in [0.1, 0.15) is 10.9 Å². The summed E-state index contributed by atoms with van der Waals surface area (Å²) in [7, 11) is 1.63. The maximum Gasteiger partial charge on any atom is 0.221 e. The number of hydrogen-bond donors (Lipinski definition) is 1. The van der Waals surface area contributed by atoms with E-state index in [9.17, 15) is 0 Å². The van der Waals surface area contributed by atoms with E-state index in [2.05, 4.69) is 9.97 Å². The van der Waals surface area contributed by atoms with Gasteiger partial charge in [0.15, 0.2) is 0 Å². The second kappa shape index (κ2) is 6.29. The smallest absolute Gasteiger partial charge is 0.221 e. The molecule has 1 aromatic heterocycles. The number of nitrogens with zero attached hydrogens (tertiary/aromatic N) is 2. The van der Waals surface area contributed by atoms with Crippen LogP contribution in [0.15, 0.2) is 18.2 Å². The van der Waals surface area contributed by atoms with Crippen LogP contribution in [0.25, 0.3) is 0 Å². The van der Waals surface area contributed by atoms with Crippen LogP contribution in [0, 0.1) is 6.92 Å². The molecule has 2 aromatic rings. The topological polar surface area (TPSA) is 61.0 Å². The predicted octanol–water partition coefficient (Wildman–Crippen LogP) is 3.36. The van der Waals surface area contributed by atoms with Crippen molar-refractivity contribution in [2.75, 3.05) is 12.8 Å². The van der Waals surface area contributed by atoms with E-state index in [-0.39, 0.29) is 5.95 Å². The summed E-state index contributed by atoms with van der Waals surface area (Å²) >= 11 is 12.0. The zero-order valence-corrected chi connectivity index (χ0v) is 12.8. The van der Waals surface area contributed by atoms with Crippen LogP contribution in [0.5, 0.6) is 5.75 Å². The maximum atomic E-state index is 6.15. The Morgan fingerprint density at radius 1 is 1.30 bits per heavy atom. The average molecular weight is 312 g/mol. The molecular formula is C14H15Cl2N3O. The lowest BCUT2D eigenvalue weighted by molar-refractivity contribution is 0.410. The summed E-state index contributed by atoms with van der Waals surface area (Å²) in [6, 6.07) is 5.86. The van der Waals surface area contributed by atoms with E-state index in [1.807, 2.05) is 25.1 Å². The van der Waals surface area contributed by atoms with E-state index < -0.39 is 0 Å². The van der Waals surface area contributed by atoms with E-state index in [0.29, 0.717) is 17.5 Å². The molecule has 106 valence electrons. The van der Waals surface area contributed by atoms with E-state index in [1.54, 1.807) is 7.11 Å². The van der Waals surface area contributed by atoms with Gasteiger partial charge in [-0.15, -0.1) is 11.6 Å². The van der Waals surface area contributed by atoms with Crippen molar-refractivity contribution in [3.63, 3.8) is 0 Å². The Labute approximate surface area is 127 Å². The maximum absolute atomic E-state index is 6.15. The minimum atomic E-state index is 0.181. The fourth-order valence-electron chi connectivity index (χ4n) is 1.99. The van der Waals surface area contributed by atoms with Gasteiger partial charge in [-0.05, 0) is 24.1 Å². The van der Waals surface area contributed by atoms with Gasteiger partial charge in [0.2, 0.25) is 5.95 Å². The van der Waals surface area contributed by atoms with Crippen LogP contribution in [0.1, 0.15) is 22.4 Å². The number of rotatable bonds is 4. The molecule has 1 aromatic carbocycles. The Hall–Kier alpha value is -1.52. The first-order chi connectivity index (χ1) is 9.55. The van der Waals surface area contributed by atoms with Gasteiger partial charge in [0, 0.05) is 23.6 Å². The van der Waals surface area contributed by atoms with Crippen LogP contribution >= 0.6 is 23.2 Å². The van der Waals surface area contributed by atoms with Gasteiger partial charge in [0.25, 0.3) is 0 Å². The first kappa shape index (κ1) is 14.9. The van der Waals surface area contributed by atoms with Crippen LogP contribution < -0.4 is 10.5 Å². The van der Waals surface area contributed by atoms with Crippen LogP contribution in [-0.2, 0) is 12.3 Å². The zero-order valence-electron chi connectivity index (χ0n) is 11.3. The fourth-order valence-corrected chi connectivity index (χ4v) is 2.45. The number of hydrogen-bond acceptors (Lipinski definition) is 4. The van der Waals surface area contributed by atoms with Gasteiger partial charge >= 0.3 is 0 Å². The number of aryl methyl sites for hydroxylation is 1. The Morgan fingerprint density at radius 3 is 2.65 bits per heavy atom. The van der Waals surface area contributed by atoms with Crippen LogP contribution in [0.4, 0.5) is 5.95 Å². The molecule has 0 saturated carbocycles. The fraction of sp³-hybridized carbons (Fsp3) is 0.286. The van der Waals surface area contributed by atoms with E-state index in [0.717, 1.165) is 28.1 Å². The average Bonchev–Trinajstić information content (AvgIpc) is 2.42. The first-order valence-corrected chi connectivity index (χ1v) is 6.96. The Bertz CT molecular complexity index is 609. The monoisotopic (exact) mass is 311 g/mol. The van der Waals surface area contributed by atoms with Gasteiger partial charge in [-0.25, -0.2) is 9.97 Å². The Morgan fingerprint density at radius 2 is 2.05 bits per heavy atom. The quantitative estimate of drug-likeness (QED) is 0.694. The highest BCUT2D eigenvalue weighted by Gasteiger charge is 2.12. The largest absolute Gasteiger partial charge is 0.496 e. The van der Waals surface area contributed by atoms with Crippen molar-refractivity contribution in [2.24, 2.45) is 0 Å². The van der Waals surface area contributed by atoms with Gasteiger partial charge in [-0.3, -0.25) is 0 Å². The molecule has 0 amide bonds. The van der Waals surface area contributed by atoms with E-state index >= 15 is 0 Å². The number of nitrogens with two attached hydrogens (primary N) is 1. The third kappa shape index (κ3) is 3.14. The van der Waals surface area contributed by atoms with Crippen LogP contribution in [-0.4, -0.2) is 17.1 Å². The van der Waals surface area contributed by atoms with Crippen molar-refractivity contribution in [1.82, 2.24) is 9.97 Å². The van der Waals surface area contributed by atoms with E-state index in [4.69, 9.17) is 33.7 Å². The van der Waals surface area contributed by atoms with Crippen molar-refractivity contribution < 1.29 is 4.74 Å². The second-order valence-electron chi connectivity index (χ2n) is 4.39. The van der Waals surface area contributed by atoms with Crippen LogP contribution in [0.3, 0.4) is 0 Å². The predicted molar refractivity (Wildman–Crippen MR) is 81.5 cm³/mol. The summed E-state index contributed by atoms with van der Waals surface area (Å²) in [6.45, 7) is 1.86. The highest BCUT2D eigenvalue weighted by molar-refractivity contribution is 6.30. The van der Waals surface area contributed by atoms with Gasteiger partial charge < -0.3 is 10.5 Å². The number of alkyl halides is 1. The molecule has 0 bridgehead atoms. The molecule has 0 radical (unpaired) electrons. The normalized spacial score (nSPS) is 10.6. The molecule has 6 heteroatoms. The van der Waals surface area contributed by atoms with Crippen molar-refractivity contribution in [2.45, 2.75) is 19.2 Å². The highest BCUT2D eigenvalue weighted by atomic mass is 35.5. The molecule has 0 fully saturated rings. The number of nitrogen functional groups attached to an aromatic ring is 1. The summed E-state index contributed by atoms with van der Waals surface area (Å²) < 4.78 is 5.40. The molecule has 2 rings (SSSR count). The third-order valence-electron chi connectivity index (χ3n) is 3.05. The lowest BCUT2D eigenvalue weighted by Crippen LogP contribution is -2.04. The van der Waals surface area contributed by atoms with Gasteiger partial charge in [-0.1, -0.05) is 23.7 Å². The third-order valence-corrected chi connectivity index (χ3v) is 3.67. The van der Waals surface area contributed by atoms with Gasteiger partial charge in [-0.2, -0.15) is 0 Å².